The lowest BCUT2D eigenvalue weighted by Crippen LogP contribution is -2.44. The lowest BCUT2D eigenvalue weighted by Gasteiger charge is -2.33. The molecule has 1 atom stereocenters. The van der Waals surface area contributed by atoms with Crippen LogP contribution in [0.2, 0.25) is 0 Å². The summed E-state index contributed by atoms with van der Waals surface area (Å²) < 4.78 is 0. The molecule has 0 saturated carbocycles. The van der Waals surface area contributed by atoms with E-state index in [-0.39, 0.29) is 17.9 Å². The summed E-state index contributed by atoms with van der Waals surface area (Å²) in [5.74, 6) is 2.01. The largest absolute Gasteiger partial charge is 0.359 e. The van der Waals surface area contributed by atoms with Crippen molar-refractivity contribution in [3.63, 3.8) is 0 Å². The van der Waals surface area contributed by atoms with Crippen molar-refractivity contribution in [2.45, 2.75) is 12.5 Å². The number of nitrogens with one attached hydrogen (secondary N) is 2. The van der Waals surface area contributed by atoms with Gasteiger partial charge in [-0.15, -0.1) is 0 Å². The average molecular weight is 321 g/mol. The second kappa shape index (κ2) is 8.80. The highest BCUT2D eigenvalue weighted by molar-refractivity contribution is 7.99. The number of nitrogens with zero attached hydrogens (tertiary/aromatic N) is 1. The Morgan fingerprint density at radius 1 is 1.23 bits per heavy atom. The molecule has 5 nitrogen and oxygen atoms in total. The van der Waals surface area contributed by atoms with Crippen molar-refractivity contribution in [3.05, 3.63) is 35.9 Å². The van der Waals surface area contributed by atoms with E-state index in [0.717, 1.165) is 30.2 Å². The van der Waals surface area contributed by atoms with Gasteiger partial charge in [-0.25, -0.2) is 0 Å². The number of hydrogen-bond acceptors (Lipinski definition) is 4. The molecule has 6 heteroatoms. The molecule has 1 aromatic carbocycles. The zero-order chi connectivity index (χ0) is 15.8. The van der Waals surface area contributed by atoms with Crippen molar-refractivity contribution in [1.29, 1.82) is 0 Å². The van der Waals surface area contributed by atoms with Crippen LogP contribution in [0.25, 0.3) is 0 Å². The van der Waals surface area contributed by atoms with E-state index in [9.17, 15) is 9.59 Å². The van der Waals surface area contributed by atoms with E-state index < -0.39 is 0 Å². The molecule has 22 heavy (non-hydrogen) atoms. The Morgan fingerprint density at radius 3 is 2.55 bits per heavy atom. The standard InChI is InChI=1S/C16H23N3O2S/c1-17-14(20)7-8-18-16(21)15(13-5-3-2-4-6-13)19-9-11-22-12-10-19/h2-6,15H,7-12H2,1H3,(H,17,20)(H,18,21)/t15-/m0/s1. The highest BCUT2D eigenvalue weighted by Crippen LogP contribution is 2.24. The molecule has 1 aliphatic rings. The fourth-order valence-electron chi connectivity index (χ4n) is 2.52. The van der Waals surface area contributed by atoms with Gasteiger partial charge in [-0.1, -0.05) is 30.3 Å². The van der Waals surface area contributed by atoms with Gasteiger partial charge in [0.1, 0.15) is 6.04 Å². The second-order valence-corrected chi connectivity index (χ2v) is 6.40. The van der Waals surface area contributed by atoms with E-state index >= 15 is 0 Å². The van der Waals surface area contributed by atoms with Gasteiger partial charge in [0.15, 0.2) is 0 Å². The molecule has 0 spiro atoms. The highest BCUT2D eigenvalue weighted by atomic mass is 32.2. The normalized spacial score (nSPS) is 16.8. The molecule has 0 aromatic heterocycles. The van der Waals surface area contributed by atoms with Crippen LogP contribution in [0.4, 0.5) is 0 Å². The number of benzene rings is 1. The van der Waals surface area contributed by atoms with Crippen LogP contribution in [0.5, 0.6) is 0 Å². The van der Waals surface area contributed by atoms with Crippen molar-refractivity contribution in [2.75, 3.05) is 38.2 Å². The van der Waals surface area contributed by atoms with E-state index in [1.165, 1.54) is 0 Å². The van der Waals surface area contributed by atoms with E-state index in [2.05, 4.69) is 15.5 Å². The van der Waals surface area contributed by atoms with Gasteiger partial charge in [-0.3, -0.25) is 14.5 Å². The van der Waals surface area contributed by atoms with Crippen LogP contribution < -0.4 is 10.6 Å². The Balaban J connectivity index is 2.03. The summed E-state index contributed by atoms with van der Waals surface area (Å²) in [6, 6.07) is 9.58. The Morgan fingerprint density at radius 2 is 1.91 bits per heavy atom. The van der Waals surface area contributed by atoms with Crippen molar-refractivity contribution in [1.82, 2.24) is 15.5 Å². The number of amides is 2. The van der Waals surface area contributed by atoms with Gasteiger partial charge in [0.2, 0.25) is 11.8 Å². The van der Waals surface area contributed by atoms with Crippen LogP contribution in [-0.4, -0.2) is 54.9 Å². The summed E-state index contributed by atoms with van der Waals surface area (Å²) in [6.07, 6.45) is 0.305. The molecule has 1 fully saturated rings. The summed E-state index contributed by atoms with van der Waals surface area (Å²) in [7, 11) is 1.60. The maximum absolute atomic E-state index is 12.6. The lowest BCUT2D eigenvalue weighted by molar-refractivity contribution is -0.126. The maximum Gasteiger partial charge on any atom is 0.241 e. The molecule has 2 rings (SSSR count). The monoisotopic (exact) mass is 321 g/mol. The minimum absolute atomic E-state index is 0.0259. The van der Waals surface area contributed by atoms with Crippen LogP contribution in [0.1, 0.15) is 18.0 Å². The van der Waals surface area contributed by atoms with Crippen molar-refractivity contribution in [3.8, 4) is 0 Å². The molecular formula is C16H23N3O2S. The molecule has 1 aliphatic heterocycles. The predicted molar refractivity (Wildman–Crippen MR) is 89.8 cm³/mol. The fraction of sp³-hybridized carbons (Fsp3) is 0.500. The first-order valence-electron chi connectivity index (χ1n) is 7.57. The molecule has 2 N–H and O–H groups in total. The topological polar surface area (TPSA) is 61.4 Å². The number of thioether (sulfide) groups is 1. The summed E-state index contributed by atoms with van der Waals surface area (Å²) in [5.41, 5.74) is 1.01. The third-order valence-corrected chi connectivity index (χ3v) is 4.65. The Bertz CT molecular complexity index is 489. The predicted octanol–water partition coefficient (Wildman–Crippen LogP) is 1.03. The van der Waals surface area contributed by atoms with E-state index in [1.807, 2.05) is 42.1 Å². The third-order valence-electron chi connectivity index (χ3n) is 3.70. The van der Waals surface area contributed by atoms with Gasteiger partial charge in [-0.05, 0) is 5.56 Å². The van der Waals surface area contributed by atoms with Crippen molar-refractivity contribution < 1.29 is 9.59 Å². The molecule has 1 saturated heterocycles. The summed E-state index contributed by atoms with van der Waals surface area (Å²) in [5, 5.41) is 5.46. The highest BCUT2D eigenvalue weighted by Gasteiger charge is 2.28. The Kier molecular flexibility index (Phi) is 6.74. The molecule has 0 aliphatic carbocycles. The van der Waals surface area contributed by atoms with Gasteiger partial charge in [0.05, 0.1) is 0 Å². The number of hydrogen-bond donors (Lipinski definition) is 2. The molecule has 0 radical (unpaired) electrons. The van der Waals surface area contributed by atoms with Gasteiger partial charge in [-0.2, -0.15) is 11.8 Å². The van der Waals surface area contributed by atoms with Crippen LogP contribution >= 0.6 is 11.8 Å². The minimum Gasteiger partial charge on any atom is -0.359 e. The molecular weight excluding hydrogens is 298 g/mol. The first-order valence-corrected chi connectivity index (χ1v) is 8.73. The van der Waals surface area contributed by atoms with Crippen molar-refractivity contribution in [2.24, 2.45) is 0 Å². The zero-order valence-corrected chi connectivity index (χ0v) is 13.7. The average Bonchev–Trinajstić information content (AvgIpc) is 2.57. The van der Waals surface area contributed by atoms with E-state index in [0.29, 0.717) is 13.0 Å². The minimum atomic E-state index is -0.271. The number of carbonyl (C=O) groups is 2. The lowest BCUT2D eigenvalue weighted by atomic mass is 10.0. The van der Waals surface area contributed by atoms with Crippen LogP contribution in [0.15, 0.2) is 30.3 Å². The first-order chi connectivity index (χ1) is 10.7. The summed E-state index contributed by atoms with van der Waals surface area (Å²) in [6.45, 7) is 2.19. The number of rotatable bonds is 6. The van der Waals surface area contributed by atoms with Gasteiger partial charge >= 0.3 is 0 Å². The van der Waals surface area contributed by atoms with E-state index in [4.69, 9.17) is 0 Å². The molecule has 1 aromatic rings. The van der Waals surface area contributed by atoms with Gasteiger partial charge in [0, 0.05) is 44.6 Å². The first kappa shape index (κ1) is 16.8. The molecule has 2 amide bonds. The molecule has 1 heterocycles. The summed E-state index contributed by atoms with van der Waals surface area (Å²) in [4.78, 5) is 26.1. The SMILES string of the molecule is CNC(=O)CCNC(=O)[C@H](c1ccccc1)N1CCSCC1. The zero-order valence-electron chi connectivity index (χ0n) is 12.9. The van der Waals surface area contributed by atoms with E-state index in [1.54, 1.807) is 7.05 Å². The third kappa shape index (κ3) is 4.74. The van der Waals surface area contributed by atoms with Gasteiger partial charge < -0.3 is 10.6 Å². The smallest absolute Gasteiger partial charge is 0.241 e. The quantitative estimate of drug-likeness (QED) is 0.821. The Hall–Kier alpha value is -1.53. The maximum atomic E-state index is 12.6. The van der Waals surface area contributed by atoms with Crippen LogP contribution in [0, 0.1) is 0 Å². The van der Waals surface area contributed by atoms with Gasteiger partial charge in [0.25, 0.3) is 0 Å². The van der Waals surface area contributed by atoms with Crippen molar-refractivity contribution >= 4 is 23.6 Å². The molecule has 0 unspecified atom stereocenters. The summed E-state index contributed by atoms with van der Waals surface area (Å²) >= 11 is 1.92. The fourth-order valence-corrected chi connectivity index (χ4v) is 3.45. The van der Waals surface area contributed by atoms with Crippen LogP contribution in [-0.2, 0) is 9.59 Å². The Labute approximate surface area is 135 Å². The molecule has 120 valence electrons. The van der Waals surface area contributed by atoms with Crippen LogP contribution in [0.3, 0.4) is 0 Å². The second-order valence-electron chi connectivity index (χ2n) is 5.18. The number of carbonyl (C=O) groups excluding carboxylic acids is 2. The molecule has 0 bridgehead atoms.